The Bertz CT molecular complexity index is 1530. The number of carbonyl (C=O) groups excluding carboxylic acids is 3. The molecule has 0 aromatic heterocycles. The summed E-state index contributed by atoms with van der Waals surface area (Å²) in [6, 6.07) is 10.6. The monoisotopic (exact) mass is 732 g/mol. The SMILES string of the molecule is CCOP(=O)(OCC)C(O)[C@H](CCC(=O)N1CCOc2ccccc2C1)NC(=O)[C@H](CC1CCCCC1)NC(=O)N1Cc2ccc(Cl)cc2C1. The van der Waals surface area contributed by atoms with Crippen molar-refractivity contribution in [3.05, 3.63) is 64.2 Å². The van der Waals surface area contributed by atoms with E-state index < -0.39 is 37.5 Å². The first-order valence-corrected chi connectivity index (χ1v) is 19.8. The van der Waals surface area contributed by atoms with Crippen molar-refractivity contribution in [3.63, 3.8) is 0 Å². The molecule has 5 rings (SSSR count). The smallest absolute Gasteiger partial charge is 0.360 e. The number of amides is 4. The van der Waals surface area contributed by atoms with Gasteiger partial charge in [0.2, 0.25) is 11.8 Å². The summed E-state index contributed by atoms with van der Waals surface area (Å²) in [6.45, 7) is 5.07. The first kappa shape index (κ1) is 38.1. The average Bonchev–Trinajstić information content (AvgIpc) is 3.41. The predicted octanol–water partition coefficient (Wildman–Crippen LogP) is 5.97. The van der Waals surface area contributed by atoms with E-state index >= 15 is 0 Å². The zero-order valence-electron chi connectivity index (χ0n) is 29.0. The molecule has 2 heterocycles. The molecule has 0 bridgehead atoms. The molecule has 2 aromatic carbocycles. The quantitative estimate of drug-likeness (QED) is 0.201. The van der Waals surface area contributed by atoms with Crippen LogP contribution in [0.25, 0.3) is 0 Å². The fourth-order valence-electron chi connectivity index (χ4n) is 7.06. The van der Waals surface area contributed by atoms with Gasteiger partial charge in [0.1, 0.15) is 18.4 Å². The lowest BCUT2D eigenvalue weighted by molar-refractivity contribution is -0.133. The molecule has 274 valence electrons. The third-order valence-electron chi connectivity index (χ3n) is 9.69. The summed E-state index contributed by atoms with van der Waals surface area (Å²) in [5, 5.41) is 18.0. The fourth-order valence-corrected chi connectivity index (χ4v) is 9.02. The van der Waals surface area contributed by atoms with Crippen LogP contribution in [0.2, 0.25) is 5.02 Å². The number of urea groups is 1. The number of carbonyl (C=O) groups is 3. The zero-order chi connectivity index (χ0) is 35.7. The van der Waals surface area contributed by atoms with Gasteiger partial charge in [0, 0.05) is 36.6 Å². The average molecular weight is 733 g/mol. The van der Waals surface area contributed by atoms with Gasteiger partial charge in [0.15, 0.2) is 5.85 Å². The zero-order valence-corrected chi connectivity index (χ0v) is 30.6. The van der Waals surface area contributed by atoms with Crippen LogP contribution >= 0.6 is 19.2 Å². The number of nitrogens with one attached hydrogen (secondary N) is 2. The fraction of sp³-hybridized carbons (Fsp3) is 0.583. The van der Waals surface area contributed by atoms with Crippen LogP contribution in [0.3, 0.4) is 0 Å². The topological polar surface area (TPSA) is 147 Å². The summed E-state index contributed by atoms with van der Waals surface area (Å²) in [6.07, 6.45) is 5.44. The number of aliphatic hydroxyl groups excluding tert-OH is 1. The van der Waals surface area contributed by atoms with Gasteiger partial charge in [0.05, 0.1) is 25.8 Å². The largest absolute Gasteiger partial charge is 0.491 e. The molecule has 3 N–H and O–H groups in total. The maximum absolute atomic E-state index is 14.2. The minimum absolute atomic E-state index is 0.00488. The molecule has 0 radical (unpaired) electrons. The van der Waals surface area contributed by atoms with E-state index in [9.17, 15) is 24.1 Å². The summed E-state index contributed by atoms with van der Waals surface area (Å²) >= 11 is 6.19. The molecule has 4 amide bonds. The molecule has 14 heteroatoms. The lowest BCUT2D eigenvalue weighted by Gasteiger charge is -2.32. The summed E-state index contributed by atoms with van der Waals surface area (Å²) in [4.78, 5) is 44.6. The number of para-hydroxylation sites is 1. The highest BCUT2D eigenvalue weighted by atomic mass is 35.5. The molecule has 1 saturated carbocycles. The van der Waals surface area contributed by atoms with Crippen LogP contribution in [0.15, 0.2) is 42.5 Å². The maximum atomic E-state index is 14.2. The Morgan fingerprint density at radius 3 is 2.40 bits per heavy atom. The first-order valence-electron chi connectivity index (χ1n) is 17.8. The predicted molar refractivity (Wildman–Crippen MR) is 190 cm³/mol. The van der Waals surface area contributed by atoms with Crippen molar-refractivity contribution in [2.75, 3.05) is 26.4 Å². The number of nitrogens with zero attached hydrogens (tertiary/aromatic N) is 2. The molecule has 1 aliphatic carbocycles. The highest BCUT2D eigenvalue weighted by Crippen LogP contribution is 2.53. The first-order chi connectivity index (χ1) is 24.1. The molecule has 3 atom stereocenters. The van der Waals surface area contributed by atoms with Crippen molar-refractivity contribution in [2.24, 2.45) is 5.92 Å². The van der Waals surface area contributed by atoms with Gasteiger partial charge >= 0.3 is 13.6 Å². The maximum Gasteiger partial charge on any atom is 0.360 e. The number of ether oxygens (including phenoxy) is 1. The van der Waals surface area contributed by atoms with Crippen LogP contribution in [0.4, 0.5) is 4.79 Å². The van der Waals surface area contributed by atoms with Crippen molar-refractivity contribution in [1.82, 2.24) is 20.4 Å². The van der Waals surface area contributed by atoms with Gasteiger partial charge in [0.25, 0.3) is 0 Å². The van der Waals surface area contributed by atoms with Crippen molar-refractivity contribution in [2.45, 2.75) is 103 Å². The van der Waals surface area contributed by atoms with E-state index in [1.807, 2.05) is 36.4 Å². The molecule has 0 saturated heterocycles. The summed E-state index contributed by atoms with van der Waals surface area (Å²) in [5.41, 5.74) is 2.83. The molecule has 1 unspecified atom stereocenters. The Labute approximate surface area is 299 Å². The molecule has 3 aliphatic rings. The van der Waals surface area contributed by atoms with Gasteiger partial charge < -0.3 is 39.3 Å². The second-order valence-corrected chi connectivity index (χ2v) is 15.8. The van der Waals surface area contributed by atoms with Crippen LogP contribution in [0.1, 0.15) is 81.9 Å². The van der Waals surface area contributed by atoms with Gasteiger partial charge in [-0.2, -0.15) is 0 Å². The number of fused-ring (bicyclic) bond motifs is 2. The number of benzene rings is 2. The van der Waals surface area contributed by atoms with Crippen LogP contribution in [-0.4, -0.2) is 77.0 Å². The number of halogens is 1. The van der Waals surface area contributed by atoms with E-state index in [2.05, 4.69) is 10.6 Å². The Hall–Kier alpha value is -3.15. The molecular formula is C36H50ClN4O8P. The summed E-state index contributed by atoms with van der Waals surface area (Å²) in [7, 11) is -4.12. The van der Waals surface area contributed by atoms with Gasteiger partial charge in [-0.05, 0) is 61.9 Å². The number of rotatable bonds is 14. The lowest BCUT2D eigenvalue weighted by Crippen LogP contribution is -2.55. The molecular weight excluding hydrogens is 683 g/mol. The molecule has 50 heavy (non-hydrogen) atoms. The standard InChI is InChI=1S/C36H50ClN4O8P/c1-3-48-50(46,49-4-2)35(44)30(16-17-33(42)40-18-19-47-32-13-9-8-12-27(32)23-40)38-34(43)31(20-25-10-6-5-7-11-25)39-36(45)41-22-26-14-15-29(37)21-28(26)24-41/h8-9,12-15,21,25,30-31,35,44H,3-7,10-11,16-20,22-24H2,1-2H3,(H,38,43)(H,39,45)/t30-,31-,35?/m0/s1. The Morgan fingerprint density at radius 2 is 1.66 bits per heavy atom. The second kappa shape index (κ2) is 17.9. The lowest BCUT2D eigenvalue weighted by atomic mass is 9.84. The van der Waals surface area contributed by atoms with E-state index in [0.717, 1.165) is 54.5 Å². The van der Waals surface area contributed by atoms with Gasteiger partial charge in [-0.25, -0.2) is 4.79 Å². The van der Waals surface area contributed by atoms with Gasteiger partial charge in [-0.3, -0.25) is 14.2 Å². The van der Waals surface area contributed by atoms with E-state index in [0.29, 0.717) is 44.2 Å². The van der Waals surface area contributed by atoms with Crippen LogP contribution < -0.4 is 15.4 Å². The number of hydrogen-bond acceptors (Lipinski definition) is 8. The van der Waals surface area contributed by atoms with Crippen LogP contribution in [0, 0.1) is 5.92 Å². The van der Waals surface area contributed by atoms with Gasteiger partial charge in [-0.15, -0.1) is 0 Å². The molecule has 12 nitrogen and oxygen atoms in total. The molecule has 1 fully saturated rings. The Morgan fingerprint density at radius 1 is 0.960 bits per heavy atom. The second-order valence-electron chi connectivity index (χ2n) is 13.2. The normalized spacial score (nSPS) is 18.2. The van der Waals surface area contributed by atoms with E-state index in [-0.39, 0.29) is 37.9 Å². The van der Waals surface area contributed by atoms with Crippen molar-refractivity contribution in [3.8, 4) is 5.75 Å². The highest BCUT2D eigenvalue weighted by molar-refractivity contribution is 7.54. The van der Waals surface area contributed by atoms with E-state index in [1.54, 1.807) is 29.7 Å². The third-order valence-corrected chi connectivity index (χ3v) is 12.2. The Kier molecular flexibility index (Phi) is 13.6. The van der Waals surface area contributed by atoms with Crippen molar-refractivity contribution < 1.29 is 37.8 Å². The van der Waals surface area contributed by atoms with E-state index in [4.69, 9.17) is 25.4 Å². The Balaban J connectivity index is 1.33. The third kappa shape index (κ3) is 9.79. The summed E-state index contributed by atoms with van der Waals surface area (Å²) in [5.74, 6) is -1.54. The van der Waals surface area contributed by atoms with Crippen LogP contribution in [-0.2, 0) is 42.8 Å². The summed E-state index contributed by atoms with van der Waals surface area (Å²) < 4.78 is 30.5. The molecule has 0 spiro atoms. The van der Waals surface area contributed by atoms with Crippen molar-refractivity contribution >= 4 is 37.0 Å². The molecule has 2 aliphatic heterocycles. The van der Waals surface area contributed by atoms with Crippen LogP contribution in [0.5, 0.6) is 5.75 Å². The number of aliphatic hydroxyl groups is 1. The highest BCUT2D eigenvalue weighted by Gasteiger charge is 2.42. The minimum atomic E-state index is -4.12. The minimum Gasteiger partial charge on any atom is -0.491 e. The number of hydrogen-bond donors (Lipinski definition) is 3. The molecule has 2 aromatic rings. The van der Waals surface area contributed by atoms with E-state index in [1.165, 1.54) is 0 Å². The van der Waals surface area contributed by atoms with Crippen molar-refractivity contribution in [1.29, 1.82) is 0 Å². The van der Waals surface area contributed by atoms with Gasteiger partial charge in [-0.1, -0.05) is 68.0 Å².